The molecule has 2 rings (SSSR count). The van der Waals surface area contributed by atoms with Crippen molar-refractivity contribution in [2.75, 3.05) is 7.05 Å². The van der Waals surface area contributed by atoms with E-state index in [4.69, 9.17) is 4.74 Å². The summed E-state index contributed by atoms with van der Waals surface area (Å²) in [6, 6.07) is 3.44. The van der Waals surface area contributed by atoms with Crippen LogP contribution in [0.5, 0.6) is 0 Å². The lowest BCUT2D eigenvalue weighted by atomic mass is 9.99. The summed E-state index contributed by atoms with van der Waals surface area (Å²) in [7, 11) is 1.78. The molecular weight excluding hydrogens is 224 g/mol. The van der Waals surface area contributed by atoms with E-state index in [-0.39, 0.29) is 18.2 Å². The van der Waals surface area contributed by atoms with E-state index in [0.717, 1.165) is 18.9 Å². The van der Waals surface area contributed by atoms with Gasteiger partial charge in [-0.05, 0) is 44.5 Å². The van der Waals surface area contributed by atoms with Crippen LogP contribution in [0.3, 0.4) is 0 Å². The second-order valence-corrected chi connectivity index (χ2v) is 4.53. The van der Waals surface area contributed by atoms with Gasteiger partial charge in [-0.15, -0.1) is 0 Å². The summed E-state index contributed by atoms with van der Waals surface area (Å²) in [6.45, 7) is 2.01. The molecule has 1 aliphatic rings. The zero-order valence-corrected chi connectivity index (χ0v) is 10.0. The monoisotopic (exact) mass is 241 g/mol. The number of likely N-dealkylation sites (N-methyl/N-ethyl adjacent to an activating group) is 1. The number of halogens is 2. The van der Waals surface area contributed by atoms with Crippen LogP contribution < -0.4 is 5.32 Å². The van der Waals surface area contributed by atoms with Crippen LogP contribution in [0.2, 0.25) is 0 Å². The van der Waals surface area contributed by atoms with Crippen LogP contribution >= 0.6 is 0 Å². The Morgan fingerprint density at radius 2 is 1.88 bits per heavy atom. The first-order chi connectivity index (χ1) is 8.10. The maximum absolute atomic E-state index is 13.2. The van der Waals surface area contributed by atoms with Gasteiger partial charge in [0.25, 0.3) is 0 Å². The molecule has 0 spiro atoms. The number of nitrogens with one attached hydrogen (secondary N) is 1. The topological polar surface area (TPSA) is 21.3 Å². The molecule has 17 heavy (non-hydrogen) atoms. The number of hydrogen-bond donors (Lipinski definition) is 1. The second-order valence-electron chi connectivity index (χ2n) is 4.53. The fourth-order valence-electron chi connectivity index (χ4n) is 2.40. The summed E-state index contributed by atoms with van der Waals surface area (Å²) in [4.78, 5) is 0. The molecule has 94 valence electrons. The van der Waals surface area contributed by atoms with Gasteiger partial charge in [-0.3, -0.25) is 0 Å². The molecule has 1 fully saturated rings. The minimum absolute atomic E-state index is 0.0174. The van der Waals surface area contributed by atoms with E-state index in [1.54, 1.807) is 7.05 Å². The highest BCUT2D eigenvalue weighted by molar-refractivity contribution is 5.22. The van der Waals surface area contributed by atoms with Crippen molar-refractivity contribution in [3.8, 4) is 0 Å². The summed E-state index contributed by atoms with van der Waals surface area (Å²) in [6.07, 6.45) is 2.09. The Morgan fingerprint density at radius 1 is 1.24 bits per heavy atom. The summed E-state index contributed by atoms with van der Waals surface area (Å²) in [5.74, 6) is -1.10. The highest BCUT2D eigenvalue weighted by Crippen LogP contribution is 2.30. The van der Waals surface area contributed by atoms with E-state index in [0.29, 0.717) is 5.56 Å². The molecule has 0 bridgehead atoms. The van der Waals surface area contributed by atoms with Gasteiger partial charge >= 0.3 is 0 Å². The van der Waals surface area contributed by atoms with E-state index in [1.165, 1.54) is 12.1 Å². The Balaban J connectivity index is 2.22. The minimum Gasteiger partial charge on any atom is -0.373 e. The average Bonchev–Trinajstić information content (AvgIpc) is 2.64. The van der Waals surface area contributed by atoms with Gasteiger partial charge in [-0.2, -0.15) is 0 Å². The quantitative estimate of drug-likeness (QED) is 0.878. The van der Waals surface area contributed by atoms with Crippen molar-refractivity contribution in [3.63, 3.8) is 0 Å². The Hall–Kier alpha value is -1.00. The average molecular weight is 241 g/mol. The first-order valence-electron chi connectivity index (χ1n) is 5.89. The molecule has 2 nitrogen and oxygen atoms in total. The minimum atomic E-state index is -0.550. The summed E-state index contributed by atoms with van der Waals surface area (Å²) in [5.41, 5.74) is 0.601. The Labute approximate surface area is 100.0 Å². The molecule has 3 atom stereocenters. The lowest BCUT2D eigenvalue weighted by Crippen LogP contribution is -2.29. The van der Waals surface area contributed by atoms with Crippen LogP contribution in [0.15, 0.2) is 18.2 Å². The maximum atomic E-state index is 13.2. The van der Waals surface area contributed by atoms with Crippen LogP contribution in [-0.4, -0.2) is 19.3 Å². The highest BCUT2D eigenvalue weighted by atomic mass is 19.1. The van der Waals surface area contributed by atoms with Gasteiger partial charge in [0, 0.05) is 6.07 Å². The molecule has 0 saturated carbocycles. The van der Waals surface area contributed by atoms with Crippen LogP contribution in [0.4, 0.5) is 8.78 Å². The number of ether oxygens (including phenoxy) is 1. The number of benzene rings is 1. The van der Waals surface area contributed by atoms with Gasteiger partial charge in [0.05, 0.1) is 18.2 Å². The van der Waals surface area contributed by atoms with E-state index < -0.39 is 11.6 Å². The normalized spacial score (nSPS) is 26.1. The smallest absolute Gasteiger partial charge is 0.126 e. The van der Waals surface area contributed by atoms with Crippen molar-refractivity contribution in [1.82, 2.24) is 5.32 Å². The zero-order valence-electron chi connectivity index (χ0n) is 10.0. The van der Waals surface area contributed by atoms with Crippen molar-refractivity contribution < 1.29 is 13.5 Å². The van der Waals surface area contributed by atoms with Gasteiger partial charge < -0.3 is 10.1 Å². The molecule has 1 N–H and O–H groups in total. The van der Waals surface area contributed by atoms with Crippen molar-refractivity contribution in [3.05, 3.63) is 35.4 Å². The maximum Gasteiger partial charge on any atom is 0.126 e. The lowest BCUT2D eigenvalue weighted by Gasteiger charge is -2.23. The first kappa shape index (κ1) is 12.5. The zero-order chi connectivity index (χ0) is 12.4. The Kier molecular flexibility index (Phi) is 3.74. The molecule has 1 saturated heterocycles. The molecule has 3 unspecified atom stereocenters. The molecular formula is C13H17F2NO. The van der Waals surface area contributed by atoms with Gasteiger partial charge in [-0.1, -0.05) is 0 Å². The van der Waals surface area contributed by atoms with Crippen LogP contribution in [0.25, 0.3) is 0 Å². The van der Waals surface area contributed by atoms with E-state index in [9.17, 15) is 8.78 Å². The fourth-order valence-corrected chi connectivity index (χ4v) is 2.40. The predicted molar refractivity (Wildman–Crippen MR) is 61.7 cm³/mol. The molecule has 1 heterocycles. The molecule has 0 aromatic heterocycles. The van der Waals surface area contributed by atoms with E-state index in [1.807, 2.05) is 6.92 Å². The van der Waals surface area contributed by atoms with Gasteiger partial charge in [-0.25, -0.2) is 8.78 Å². The van der Waals surface area contributed by atoms with Gasteiger partial charge in [0.1, 0.15) is 11.6 Å². The Morgan fingerprint density at radius 3 is 2.35 bits per heavy atom. The van der Waals surface area contributed by atoms with Gasteiger partial charge in [0.15, 0.2) is 0 Å². The fraction of sp³-hybridized carbons (Fsp3) is 0.538. The summed E-state index contributed by atoms with van der Waals surface area (Å²) >= 11 is 0. The molecule has 0 aliphatic carbocycles. The molecule has 4 heteroatoms. The van der Waals surface area contributed by atoms with Crippen LogP contribution in [-0.2, 0) is 4.74 Å². The predicted octanol–water partition coefficient (Wildman–Crippen LogP) is 2.79. The number of rotatable bonds is 3. The highest BCUT2D eigenvalue weighted by Gasteiger charge is 2.30. The van der Waals surface area contributed by atoms with Crippen molar-refractivity contribution in [2.45, 2.75) is 38.0 Å². The third-order valence-electron chi connectivity index (χ3n) is 3.19. The van der Waals surface area contributed by atoms with Crippen molar-refractivity contribution in [2.24, 2.45) is 0 Å². The Bertz CT molecular complexity index is 377. The molecule has 0 amide bonds. The van der Waals surface area contributed by atoms with E-state index >= 15 is 0 Å². The molecule has 1 aromatic carbocycles. The second kappa shape index (κ2) is 5.10. The SMILES string of the molecule is CNC(c1cc(F)cc(F)c1)C1CCC(C)O1. The summed E-state index contributed by atoms with van der Waals surface area (Å²) < 4.78 is 32.1. The standard InChI is InChI=1S/C13H17F2NO/c1-8-3-4-12(17-8)13(16-2)9-5-10(14)7-11(15)6-9/h5-8,12-13,16H,3-4H2,1-2H3. The first-order valence-corrected chi connectivity index (χ1v) is 5.89. The largest absolute Gasteiger partial charge is 0.373 e. The molecule has 1 aromatic rings. The third-order valence-corrected chi connectivity index (χ3v) is 3.19. The van der Waals surface area contributed by atoms with E-state index in [2.05, 4.69) is 5.32 Å². The van der Waals surface area contributed by atoms with Crippen LogP contribution in [0.1, 0.15) is 31.4 Å². The number of hydrogen-bond acceptors (Lipinski definition) is 2. The summed E-state index contributed by atoms with van der Waals surface area (Å²) in [5, 5.41) is 3.08. The van der Waals surface area contributed by atoms with Gasteiger partial charge in [0.2, 0.25) is 0 Å². The molecule has 0 radical (unpaired) electrons. The molecule has 1 aliphatic heterocycles. The lowest BCUT2D eigenvalue weighted by molar-refractivity contribution is 0.0332. The van der Waals surface area contributed by atoms with Crippen LogP contribution in [0, 0.1) is 11.6 Å². The van der Waals surface area contributed by atoms with Crippen molar-refractivity contribution >= 4 is 0 Å². The third kappa shape index (κ3) is 2.82. The van der Waals surface area contributed by atoms with Crippen molar-refractivity contribution in [1.29, 1.82) is 0 Å².